The summed E-state index contributed by atoms with van der Waals surface area (Å²) >= 11 is 2.10. The number of carbonyl (C=O) groups excluding carboxylic acids is 2. The van der Waals surface area contributed by atoms with E-state index in [9.17, 15) is 9.59 Å². The lowest BCUT2D eigenvalue weighted by atomic mass is 9.89. The predicted molar refractivity (Wildman–Crippen MR) is 101 cm³/mol. The Kier molecular flexibility index (Phi) is 8.02. The van der Waals surface area contributed by atoms with E-state index in [1.165, 1.54) is 0 Å². The Morgan fingerprint density at radius 1 is 1.22 bits per heavy atom. The van der Waals surface area contributed by atoms with Gasteiger partial charge in [0.1, 0.15) is 9.67 Å². The maximum Gasteiger partial charge on any atom is 0.324 e. The molecular weight excluding hydrogens is 405 g/mol. The van der Waals surface area contributed by atoms with Crippen molar-refractivity contribution in [2.24, 2.45) is 11.8 Å². The Morgan fingerprint density at radius 2 is 1.87 bits per heavy atom. The number of ether oxygens (including phenoxy) is 1. The Labute approximate surface area is 152 Å². The summed E-state index contributed by atoms with van der Waals surface area (Å²) in [6, 6.07) is 7.44. The number of carbonyl (C=O) groups is 2. The van der Waals surface area contributed by atoms with Gasteiger partial charge in [-0.2, -0.15) is 0 Å². The third-order valence-electron chi connectivity index (χ3n) is 3.76. The summed E-state index contributed by atoms with van der Waals surface area (Å²) < 4.78 is 5.16. The van der Waals surface area contributed by atoms with Crippen LogP contribution in [0, 0.1) is 18.8 Å². The van der Waals surface area contributed by atoms with Crippen LogP contribution in [-0.4, -0.2) is 34.8 Å². The lowest BCUT2D eigenvalue weighted by Crippen LogP contribution is -2.33. The summed E-state index contributed by atoms with van der Waals surface area (Å²) in [6.45, 7) is 6.04. The number of amides is 1. The first-order valence-corrected chi connectivity index (χ1v) is 9.10. The normalized spacial score (nSPS) is 13.5. The molecule has 1 aromatic carbocycles. The molecule has 0 saturated heterocycles. The number of alkyl halides is 1. The van der Waals surface area contributed by atoms with Crippen LogP contribution in [0.1, 0.15) is 32.3 Å². The van der Waals surface area contributed by atoms with Crippen molar-refractivity contribution in [3.8, 4) is 5.75 Å². The minimum absolute atomic E-state index is 0.0611. The second-order valence-corrected chi connectivity index (χ2v) is 7.87. The van der Waals surface area contributed by atoms with Gasteiger partial charge in [-0.15, -0.1) is 0 Å². The largest absolute Gasteiger partial charge is 0.426 e. The summed E-state index contributed by atoms with van der Waals surface area (Å²) in [5.41, 5.74) is 1.05. The molecule has 2 atom stereocenters. The molecule has 0 radical (unpaired) electrons. The van der Waals surface area contributed by atoms with Gasteiger partial charge in [-0.05, 0) is 43.4 Å². The van der Waals surface area contributed by atoms with Crippen LogP contribution in [0.3, 0.4) is 0 Å². The third-order valence-corrected chi connectivity index (χ3v) is 4.89. The smallest absolute Gasteiger partial charge is 0.324 e. The molecule has 2 unspecified atom stereocenters. The highest BCUT2D eigenvalue weighted by Crippen LogP contribution is 2.24. The van der Waals surface area contributed by atoms with Crippen molar-refractivity contribution in [1.29, 1.82) is 0 Å². The molecule has 23 heavy (non-hydrogen) atoms. The second-order valence-electron chi connectivity index (χ2n) is 6.37. The van der Waals surface area contributed by atoms with E-state index in [4.69, 9.17) is 4.74 Å². The van der Waals surface area contributed by atoms with E-state index in [0.29, 0.717) is 18.6 Å². The van der Waals surface area contributed by atoms with Gasteiger partial charge in [0.2, 0.25) is 5.91 Å². The minimum Gasteiger partial charge on any atom is -0.426 e. The van der Waals surface area contributed by atoms with E-state index in [2.05, 4.69) is 22.6 Å². The Balaban J connectivity index is 2.58. The van der Waals surface area contributed by atoms with E-state index in [1.54, 1.807) is 25.1 Å². The maximum atomic E-state index is 12.2. The van der Waals surface area contributed by atoms with Crippen molar-refractivity contribution in [3.63, 3.8) is 0 Å². The standard InChI is InChI=1S/C18H26INO3/c1-12(2)15(17(21)20(4)5)9-10-16(19)18(22)23-14-8-6-7-13(3)11-14/h6-8,11-12,15-16H,9-10H2,1-5H3. The molecule has 4 nitrogen and oxygen atoms in total. The van der Waals surface area contributed by atoms with Crippen LogP contribution in [0.15, 0.2) is 24.3 Å². The molecule has 0 spiro atoms. The number of benzene rings is 1. The topological polar surface area (TPSA) is 46.6 Å². The van der Waals surface area contributed by atoms with Crippen molar-refractivity contribution < 1.29 is 14.3 Å². The van der Waals surface area contributed by atoms with Crippen LogP contribution < -0.4 is 4.74 Å². The summed E-state index contributed by atoms with van der Waals surface area (Å²) in [5, 5.41) is 0. The highest BCUT2D eigenvalue weighted by Gasteiger charge is 2.26. The number of halogens is 1. The van der Waals surface area contributed by atoms with Gasteiger partial charge in [0, 0.05) is 20.0 Å². The highest BCUT2D eigenvalue weighted by molar-refractivity contribution is 14.1. The van der Waals surface area contributed by atoms with E-state index < -0.39 is 0 Å². The van der Waals surface area contributed by atoms with Crippen LogP contribution in [0.25, 0.3) is 0 Å². The van der Waals surface area contributed by atoms with E-state index >= 15 is 0 Å². The molecule has 0 N–H and O–H groups in total. The molecule has 0 aromatic heterocycles. The summed E-state index contributed by atoms with van der Waals surface area (Å²) in [6.07, 6.45) is 1.32. The molecule has 0 aliphatic rings. The number of nitrogens with zero attached hydrogens (tertiary/aromatic N) is 1. The molecule has 0 bridgehead atoms. The van der Waals surface area contributed by atoms with Crippen LogP contribution in [0.5, 0.6) is 5.75 Å². The molecule has 128 valence electrons. The SMILES string of the molecule is Cc1cccc(OC(=O)C(I)CCC(C(=O)N(C)C)C(C)C)c1. The van der Waals surface area contributed by atoms with Crippen LogP contribution >= 0.6 is 22.6 Å². The van der Waals surface area contributed by atoms with Gasteiger partial charge < -0.3 is 9.64 Å². The number of aryl methyl sites for hydroxylation is 1. The van der Waals surface area contributed by atoms with Crippen molar-refractivity contribution >= 4 is 34.5 Å². The zero-order valence-electron chi connectivity index (χ0n) is 14.5. The van der Waals surface area contributed by atoms with Gasteiger partial charge in [-0.25, -0.2) is 0 Å². The molecule has 0 saturated carbocycles. The first-order valence-electron chi connectivity index (χ1n) is 7.86. The van der Waals surface area contributed by atoms with Gasteiger partial charge >= 0.3 is 5.97 Å². The zero-order valence-corrected chi connectivity index (χ0v) is 16.7. The lowest BCUT2D eigenvalue weighted by Gasteiger charge is -2.24. The van der Waals surface area contributed by atoms with Crippen molar-refractivity contribution in [2.75, 3.05) is 14.1 Å². The Hall–Kier alpha value is -1.11. The fourth-order valence-corrected chi connectivity index (χ4v) is 2.86. The summed E-state index contributed by atoms with van der Waals surface area (Å²) in [5.74, 6) is 0.628. The fraction of sp³-hybridized carbons (Fsp3) is 0.556. The molecule has 5 heteroatoms. The van der Waals surface area contributed by atoms with E-state index in [-0.39, 0.29) is 27.6 Å². The second kappa shape index (κ2) is 9.25. The molecule has 1 rings (SSSR count). The van der Waals surface area contributed by atoms with Crippen molar-refractivity contribution in [2.45, 2.75) is 37.5 Å². The minimum atomic E-state index is -0.260. The van der Waals surface area contributed by atoms with Gasteiger partial charge in [0.25, 0.3) is 0 Å². The number of esters is 1. The molecule has 1 aromatic rings. The lowest BCUT2D eigenvalue weighted by molar-refractivity contribution is -0.136. The number of rotatable bonds is 7. The average Bonchev–Trinajstić information content (AvgIpc) is 2.46. The molecule has 0 fully saturated rings. The zero-order chi connectivity index (χ0) is 17.6. The molecule has 0 aliphatic carbocycles. The average molecular weight is 431 g/mol. The molecular formula is C18H26INO3. The van der Waals surface area contributed by atoms with Crippen molar-refractivity contribution in [3.05, 3.63) is 29.8 Å². The first kappa shape index (κ1) is 19.9. The predicted octanol–water partition coefficient (Wildman–Crippen LogP) is 3.84. The number of hydrogen-bond donors (Lipinski definition) is 0. The monoisotopic (exact) mass is 431 g/mol. The molecule has 0 heterocycles. The number of hydrogen-bond acceptors (Lipinski definition) is 3. The Bertz CT molecular complexity index is 543. The van der Waals surface area contributed by atoms with Gasteiger partial charge in [0.05, 0.1) is 0 Å². The quantitative estimate of drug-likeness (QED) is 0.285. The molecule has 1 amide bonds. The van der Waals surface area contributed by atoms with Gasteiger partial charge in [-0.1, -0.05) is 48.6 Å². The van der Waals surface area contributed by atoms with E-state index in [0.717, 1.165) is 5.56 Å². The van der Waals surface area contributed by atoms with Crippen LogP contribution in [0.2, 0.25) is 0 Å². The van der Waals surface area contributed by atoms with Gasteiger partial charge in [0.15, 0.2) is 0 Å². The summed E-state index contributed by atoms with van der Waals surface area (Å²) in [7, 11) is 3.54. The Morgan fingerprint density at radius 3 is 2.39 bits per heavy atom. The first-order chi connectivity index (χ1) is 10.7. The van der Waals surface area contributed by atoms with Crippen LogP contribution in [0.4, 0.5) is 0 Å². The van der Waals surface area contributed by atoms with Crippen LogP contribution in [-0.2, 0) is 9.59 Å². The highest BCUT2D eigenvalue weighted by atomic mass is 127. The fourth-order valence-electron chi connectivity index (χ4n) is 2.38. The van der Waals surface area contributed by atoms with Gasteiger partial charge in [-0.3, -0.25) is 9.59 Å². The van der Waals surface area contributed by atoms with Crippen molar-refractivity contribution in [1.82, 2.24) is 4.90 Å². The molecule has 0 aliphatic heterocycles. The summed E-state index contributed by atoms with van der Waals surface area (Å²) in [4.78, 5) is 26.0. The third kappa shape index (κ3) is 6.49. The maximum absolute atomic E-state index is 12.2. The van der Waals surface area contributed by atoms with E-state index in [1.807, 2.05) is 39.0 Å².